The van der Waals surface area contributed by atoms with E-state index in [1.807, 2.05) is 41.5 Å². The number of hydrogen-bond donors (Lipinski definition) is 3. The maximum atomic E-state index is 13.0. The first-order valence-corrected chi connectivity index (χ1v) is 12.7. The van der Waals surface area contributed by atoms with Crippen molar-refractivity contribution in [2.24, 2.45) is 28.6 Å². The number of nitrogens with one attached hydrogen (secondary N) is 3. The van der Waals surface area contributed by atoms with E-state index in [4.69, 9.17) is 0 Å². The second kappa shape index (κ2) is 11.4. The molecule has 1 aromatic rings. The summed E-state index contributed by atoms with van der Waals surface area (Å²) in [6, 6.07) is 5.26. The van der Waals surface area contributed by atoms with Gasteiger partial charge in [-0.15, -0.1) is 0 Å². The summed E-state index contributed by atoms with van der Waals surface area (Å²) < 4.78 is 0. The molecule has 6 heteroatoms. The summed E-state index contributed by atoms with van der Waals surface area (Å²) in [7, 11) is 0. The van der Waals surface area contributed by atoms with Crippen LogP contribution in [0.2, 0.25) is 0 Å². The van der Waals surface area contributed by atoms with Crippen molar-refractivity contribution in [3.63, 3.8) is 0 Å². The molecule has 0 spiro atoms. The Morgan fingerprint density at radius 1 is 0.735 bits per heavy atom. The predicted molar refractivity (Wildman–Crippen MR) is 141 cm³/mol. The van der Waals surface area contributed by atoms with Crippen molar-refractivity contribution in [3.8, 4) is 0 Å². The molecule has 1 saturated carbocycles. The average Bonchev–Trinajstić information content (AvgIpc) is 2.64. The van der Waals surface area contributed by atoms with Crippen LogP contribution in [0.15, 0.2) is 18.2 Å². The minimum atomic E-state index is -0.144. The number of rotatable bonds is 7. The molecule has 1 aromatic carbocycles. The first-order valence-electron chi connectivity index (χ1n) is 12.7. The molecule has 6 nitrogen and oxygen atoms in total. The standard InChI is InChI=1S/C28H45N3O3/c1-18(2)19-9-11-20(12-10-19)26(34)31-23-14-21(29-24(32)16-27(3,4)5)13-22(15-23)30-25(33)17-28(6,7)8/h13-15,18-20H,9-12,16-17H2,1-8H3,(H,29,32)(H,30,33)(H,31,34)/t19-,20-. The number of anilines is 3. The van der Waals surface area contributed by atoms with Crippen LogP contribution in [-0.2, 0) is 14.4 Å². The van der Waals surface area contributed by atoms with Gasteiger partial charge in [0.1, 0.15) is 0 Å². The quantitative estimate of drug-likeness (QED) is 0.407. The van der Waals surface area contributed by atoms with Gasteiger partial charge in [0.2, 0.25) is 17.7 Å². The van der Waals surface area contributed by atoms with Crippen molar-refractivity contribution in [1.82, 2.24) is 0 Å². The van der Waals surface area contributed by atoms with Crippen LogP contribution in [0.25, 0.3) is 0 Å². The number of carbonyl (C=O) groups is 3. The fraction of sp³-hybridized carbons (Fsp3) is 0.679. The molecular formula is C28H45N3O3. The van der Waals surface area contributed by atoms with Crippen LogP contribution < -0.4 is 16.0 Å². The lowest BCUT2D eigenvalue weighted by atomic mass is 9.76. The third kappa shape index (κ3) is 9.86. The van der Waals surface area contributed by atoms with Gasteiger partial charge in [0, 0.05) is 35.8 Å². The molecule has 0 atom stereocenters. The molecule has 0 aromatic heterocycles. The zero-order valence-electron chi connectivity index (χ0n) is 22.4. The van der Waals surface area contributed by atoms with Crippen molar-refractivity contribution in [1.29, 1.82) is 0 Å². The molecule has 3 N–H and O–H groups in total. The Hall–Kier alpha value is -2.37. The van der Waals surface area contributed by atoms with Crippen molar-refractivity contribution in [2.45, 2.75) is 93.9 Å². The van der Waals surface area contributed by atoms with Gasteiger partial charge in [0.15, 0.2) is 0 Å². The lowest BCUT2D eigenvalue weighted by Crippen LogP contribution is -2.28. The van der Waals surface area contributed by atoms with Gasteiger partial charge in [-0.2, -0.15) is 0 Å². The SMILES string of the molecule is CC(C)[C@H]1CC[C@H](C(=O)Nc2cc(NC(=O)CC(C)(C)C)cc(NC(=O)CC(C)(C)C)c2)CC1. The van der Waals surface area contributed by atoms with Gasteiger partial charge in [-0.1, -0.05) is 55.4 Å². The van der Waals surface area contributed by atoms with Crippen LogP contribution in [0.4, 0.5) is 17.1 Å². The summed E-state index contributed by atoms with van der Waals surface area (Å²) in [5.41, 5.74) is 1.40. The van der Waals surface area contributed by atoms with E-state index in [1.165, 1.54) is 0 Å². The normalized spacial score (nSPS) is 19.0. The van der Waals surface area contributed by atoms with Gasteiger partial charge in [0.05, 0.1) is 0 Å². The molecule has 3 amide bonds. The molecule has 0 radical (unpaired) electrons. The van der Waals surface area contributed by atoms with Crippen LogP contribution in [0.3, 0.4) is 0 Å². The molecule has 0 unspecified atom stereocenters. The molecule has 1 aliphatic rings. The van der Waals surface area contributed by atoms with Gasteiger partial charge < -0.3 is 16.0 Å². The highest BCUT2D eigenvalue weighted by Gasteiger charge is 2.28. The van der Waals surface area contributed by atoms with E-state index in [-0.39, 0.29) is 34.5 Å². The van der Waals surface area contributed by atoms with Gasteiger partial charge >= 0.3 is 0 Å². The van der Waals surface area contributed by atoms with Gasteiger partial charge in [-0.25, -0.2) is 0 Å². The molecular weight excluding hydrogens is 426 g/mol. The highest BCUT2D eigenvalue weighted by molar-refractivity contribution is 5.98. The fourth-order valence-electron chi connectivity index (χ4n) is 4.51. The molecule has 0 saturated heterocycles. The molecule has 0 aliphatic heterocycles. The minimum absolute atomic E-state index is 0.00642. The summed E-state index contributed by atoms with van der Waals surface area (Å²) in [5.74, 6) is 1.14. The van der Waals surface area contributed by atoms with Crippen LogP contribution in [0, 0.1) is 28.6 Å². The Balaban J connectivity index is 2.17. The van der Waals surface area contributed by atoms with E-state index in [9.17, 15) is 14.4 Å². The molecule has 190 valence electrons. The third-order valence-electron chi connectivity index (χ3n) is 6.24. The second-order valence-corrected chi connectivity index (χ2v) is 12.7. The number of hydrogen-bond acceptors (Lipinski definition) is 3. The molecule has 34 heavy (non-hydrogen) atoms. The monoisotopic (exact) mass is 471 g/mol. The van der Waals surface area contributed by atoms with E-state index in [0.717, 1.165) is 25.7 Å². The van der Waals surface area contributed by atoms with E-state index in [0.29, 0.717) is 41.7 Å². The number of carbonyl (C=O) groups excluding carboxylic acids is 3. The van der Waals surface area contributed by atoms with Crippen LogP contribution >= 0.6 is 0 Å². The zero-order chi connectivity index (χ0) is 25.7. The van der Waals surface area contributed by atoms with E-state index in [1.54, 1.807) is 18.2 Å². The Morgan fingerprint density at radius 3 is 1.47 bits per heavy atom. The van der Waals surface area contributed by atoms with Crippen LogP contribution in [0.1, 0.15) is 93.9 Å². The summed E-state index contributed by atoms with van der Waals surface area (Å²) in [4.78, 5) is 38.1. The van der Waals surface area contributed by atoms with Gasteiger partial charge in [-0.05, 0) is 66.5 Å². The minimum Gasteiger partial charge on any atom is -0.326 e. The molecule has 2 rings (SSSR count). The van der Waals surface area contributed by atoms with Crippen LogP contribution in [-0.4, -0.2) is 17.7 Å². The number of amides is 3. The fourth-order valence-corrected chi connectivity index (χ4v) is 4.51. The topological polar surface area (TPSA) is 87.3 Å². The lowest BCUT2D eigenvalue weighted by Gasteiger charge is -2.30. The first-order chi connectivity index (χ1) is 15.6. The first kappa shape index (κ1) is 27.9. The summed E-state index contributed by atoms with van der Waals surface area (Å²) in [6.45, 7) is 16.6. The van der Waals surface area contributed by atoms with Crippen molar-refractivity contribution in [3.05, 3.63) is 18.2 Å². The van der Waals surface area contributed by atoms with Crippen molar-refractivity contribution in [2.75, 3.05) is 16.0 Å². The maximum absolute atomic E-state index is 13.0. The maximum Gasteiger partial charge on any atom is 0.227 e. The number of benzene rings is 1. The van der Waals surface area contributed by atoms with Crippen LogP contribution in [0.5, 0.6) is 0 Å². The highest BCUT2D eigenvalue weighted by Crippen LogP contribution is 2.34. The average molecular weight is 472 g/mol. The Morgan fingerprint density at radius 2 is 1.12 bits per heavy atom. The zero-order valence-corrected chi connectivity index (χ0v) is 22.4. The smallest absolute Gasteiger partial charge is 0.227 e. The molecule has 0 heterocycles. The summed E-state index contributed by atoms with van der Waals surface area (Å²) in [5, 5.41) is 8.90. The molecule has 0 bridgehead atoms. The van der Waals surface area contributed by atoms with Gasteiger partial charge in [0.25, 0.3) is 0 Å². The Bertz CT molecular complexity index is 822. The van der Waals surface area contributed by atoms with E-state index < -0.39 is 0 Å². The lowest BCUT2D eigenvalue weighted by molar-refractivity contribution is -0.121. The Kier molecular flexibility index (Phi) is 9.32. The summed E-state index contributed by atoms with van der Waals surface area (Å²) >= 11 is 0. The summed E-state index contributed by atoms with van der Waals surface area (Å²) in [6.07, 6.45) is 4.68. The third-order valence-corrected chi connectivity index (χ3v) is 6.24. The highest BCUT2D eigenvalue weighted by atomic mass is 16.2. The molecule has 1 fully saturated rings. The van der Waals surface area contributed by atoms with Crippen molar-refractivity contribution < 1.29 is 14.4 Å². The van der Waals surface area contributed by atoms with E-state index in [2.05, 4.69) is 29.8 Å². The van der Waals surface area contributed by atoms with E-state index >= 15 is 0 Å². The van der Waals surface area contributed by atoms with Gasteiger partial charge in [-0.3, -0.25) is 14.4 Å². The Labute approximate surface area is 206 Å². The second-order valence-electron chi connectivity index (χ2n) is 12.7. The molecule has 1 aliphatic carbocycles. The largest absolute Gasteiger partial charge is 0.326 e. The van der Waals surface area contributed by atoms with Crippen molar-refractivity contribution >= 4 is 34.8 Å². The predicted octanol–water partition coefficient (Wildman–Crippen LogP) is 6.84.